The standard InChI is InChI=1S/C13H19NO2S/c1-2-17(16)9-8-14-12-7-6-11-10(12)4-3-5-13(11)15/h3-5,12,14-15H,2,6-9H2,1H3. The molecule has 0 heterocycles. The molecule has 1 aliphatic rings. The van der Waals surface area contributed by atoms with E-state index in [0.717, 1.165) is 30.7 Å². The number of benzene rings is 1. The first-order valence-corrected chi connectivity index (χ1v) is 7.60. The van der Waals surface area contributed by atoms with Gasteiger partial charge in [0, 0.05) is 34.9 Å². The predicted octanol–water partition coefficient (Wildman–Crippen LogP) is 1.74. The number of hydrogen-bond donors (Lipinski definition) is 2. The van der Waals surface area contributed by atoms with Crippen LogP contribution in [0.4, 0.5) is 0 Å². The summed E-state index contributed by atoms with van der Waals surface area (Å²) in [6.45, 7) is 2.72. The summed E-state index contributed by atoms with van der Waals surface area (Å²) in [7, 11) is -0.701. The summed E-state index contributed by atoms with van der Waals surface area (Å²) >= 11 is 0. The fourth-order valence-electron chi connectivity index (χ4n) is 2.34. The number of aromatic hydroxyl groups is 1. The summed E-state index contributed by atoms with van der Waals surface area (Å²) in [5.74, 6) is 1.84. The zero-order chi connectivity index (χ0) is 12.3. The van der Waals surface area contributed by atoms with Gasteiger partial charge in [0.15, 0.2) is 0 Å². The molecule has 0 bridgehead atoms. The highest BCUT2D eigenvalue weighted by atomic mass is 32.2. The van der Waals surface area contributed by atoms with Gasteiger partial charge in [-0.15, -0.1) is 0 Å². The molecule has 94 valence electrons. The summed E-state index contributed by atoms with van der Waals surface area (Å²) in [5, 5.41) is 13.2. The second-order valence-corrected chi connectivity index (χ2v) is 6.19. The number of nitrogens with one attached hydrogen (secondary N) is 1. The SMILES string of the molecule is CCS(=O)CCNC1CCc2c(O)cccc21. The van der Waals surface area contributed by atoms with Crippen molar-refractivity contribution in [2.75, 3.05) is 18.1 Å². The van der Waals surface area contributed by atoms with E-state index in [1.165, 1.54) is 5.56 Å². The van der Waals surface area contributed by atoms with E-state index < -0.39 is 10.8 Å². The zero-order valence-corrected chi connectivity index (χ0v) is 10.9. The molecule has 2 atom stereocenters. The van der Waals surface area contributed by atoms with E-state index in [-0.39, 0.29) is 0 Å². The maximum atomic E-state index is 11.3. The van der Waals surface area contributed by atoms with Crippen LogP contribution in [0.5, 0.6) is 5.75 Å². The van der Waals surface area contributed by atoms with Crippen molar-refractivity contribution in [1.82, 2.24) is 5.32 Å². The van der Waals surface area contributed by atoms with Gasteiger partial charge in [-0.1, -0.05) is 19.1 Å². The van der Waals surface area contributed by atoms with Crippen molar-refractivity contribution in [3.8, 4) is 5.75 Å². The highest BCUT2D eigenvalue weighted by molar-refractivity contribution is 7.84. The first-order chi connectivity index (χ1) is 8.22. The summed E-state index contributed by atoms with van der Waals surface area (Å²) in [6, 6.07) is 6.01. The van der Waals surface area contributed by atoms with Gasteiger partial charge in [-0.25, -0.2) is 0 Å². The molecule has 0 spiro atoms. The van der Waals surface area contributed by atoms with Crippen molar-refractivity contribution < 1.29 is 9.32 Å². The lowest BCUT2D eigenvalue weighted by molar-refractivity contribution is 0.469. The third kappa shape index (κ3) is 2.87. The van der Waals surface area contributed by atoms with Crippen LogP contribution in [0.15, 0.2) is 18.2 Å². The Morgan fingerprint density at radius 3 is 3.12 bits per heavy atom. The number of phenolic OH excluding ortho intramolecular Hbond substituents is 1. The third-order valence-electron chi connectivity index (χ3n) is 3.29. The van der Waals surface area contributed by atoms with Crippen molar-refractivity contribution in [1.29, 1.82) is 0 Å². The Morgan fingerprint density at radius 1 is 1.53 bits per heavy atom. The van der Waals surface area contributed by atoms with Crippen molar-refractivity contribution in [2.45, 2.75) is 25.8 Å². The molecule has 1 aromatic rings. The minimum absolute atomic E-state index is 0.311. The number of phenols is 1. The Kier molecular flexibility index (Phi) is 4.18. The van der Waals surface area contributed by atoms with Crippen molar-refractivity contribution in [2.24, 2.45) is 0 Å². The van der Waals surface area contributed by atoms with E-state index in [1.54, 1.807) is 6.07 Å². The van der Waals surface area contributed by atoms with E-state index in [4.69, 9.17) is 0 Å². The average Bonchev–Trinajstić information content (AvgIpc) is 2.74. The molecule has 0 saturated carbocycles. The van der Waals surface area contributed by atoms with Crippen molar-refractivity contribution in [3.05, 3.63) is 29.3 Å². The molecule has 2 N–H and O–H groups in total. The van der Waals surface area contributed by atoms with E-state index >= 15 is 0 Å². The second kappa shape index (κ2) is 5.65. The van der Waals surface area contributed by atoms with Crippen LogP contribution in [0.25, 0.3) is 0 Å². The van der Waals surface area contributed by atoms with E-state index in [1.807, 2.05) is 13.0 Å². The summed E-state index contributed by atoms with van der Waals surface area (Å²) in [5.41, 5.74) is 2.27. The fraction of sp³-hybridized carbons (Fsp3) is 0.538. The van der Waals surface area contributed by atoms with E-state index in [0.29, 0.717) is 17.5 Å². The molecule has 0 aromatic heterocycles. The molecule has 4 heteroatoms. The van der Waals surface area contributed by atoms with Crippen LogP contribution in [0.2, 0.25) is 0 Å². The van der Waals surface area contributed by atoms with Gasteiger partial charge in [0.2, 0.25) is 0 Å². The van der Waals surface area contributed by atoms with Crippen LogP contribution in [-0.4, -0.2) is 27.4 Å². The topological polar surface area (TPSA) is 49.3 Å². The molecular weight excluding hydrogens is 234 g/mol. The molecule has 0 saturated heterocycles. The maximum absolute atomic E-state index is 11.3. The lowest BCUT2D eigenvalue weighted by atomic mass is 10.1. The molecule has 1 aromatic carbocycles. The quantitative estimate of drug-likeness (QED) is 0.840. The molecule has 0 amide bonds. The van der Waals surface area contributed by atoms with Gasteiger partial charge in [0.05, 0.1) is 0 Å². The van der Waals surface area contributed by atoms with Gasteiger partial charge in [-0.2, -0.15) is 0 Å². The van der Waals surface area contributed by atoms with Gasteiger partial charge < -0.3 is 10.4 Å². The molecule has 0 fully saturated rings. The third-order valence-corrected chi connectivity index (χ3v) is 4.59. The van der Waals surface area contributed by atoms with Gasteiger partial charge in [0.1, 0.15) is 5.75 Å². The number of rotatable bonds is 5. The number of hydrogen-bond acceptors (Lipinski definition) is 3. The van der Waals surface area contributed by atoms with Crippen molar-refractivity contribution in [3.63, 3.8) is 0 Å². The number of fused-ring (bicyclic) bond motifs is 1. The first kappa shape index (κ1) is 12.6. The predicted molar refractivity (Wildman–Crippen MR) is 70.7 cm³/mol. The first-order valence-electron chi connectivity index (χ1n) is 6.11. The van der Waals surface area contributed by atoms with Crippen LogP contribution >= 0.6 is 0 Å². The second-order valence-electron chi connectivity index (χ2n) is 4.32. The van der Waals surface area contributed by atoms with Gasteiger partial charge in [0.25, 0.3) is 0 Å². The summed E-state index contributed by atoms with van der Waals surface area (Å²) in [4.78, 5) is 0. The molecule has 3 nitrogen and oxygen atoms in total. The normalized spacial score (nSPS) is 20.2. The molecule has 17 heavy (non-hydrogen) atoms. The molecule has 1 aliphatic carbocycles. The Morgan fingerprint density at radius 2 is 2.35 bits per heavy atom. The molecular formula is C13H19NO2S. The molecule has 2 rings (SSSR count). The van der Waals surface area contributed by atoms with E-state index in [9.17, 15) is 9.32 Å². The van der Waals surface area contributed by atoms with Crippen molar-refractivity contribution >= 4 is 10.8 Å². The Hall–Kier alpha value is -0.870. The summed E-state index contributed by atoms with van der Waals surface area (Å²) < 4.78 is 11.3. The average molecular weight is 253 g/mol. The maximum Gasteiger partial charge on any atom is 0.119 e. The van der Waals surface area contributed by atoms with Gasteiger partial charge in [-0.3, -0.25) is 4.21 Å². The van der Waals surface area contributed by atoms with Crippen LogP contribution in [0, 0.1) is 0 Å². The van der Waals surface area contributed by atoms with Crippen LogP contribution in [-0.2, 0) is 17.2 Å². The van der Waals surface area contributed by atoms with Crippen LogP contribution in [0.1, 0.15) is 30.5 Å². The lowest BCUT2D eigenvalue weighted by Gasteiger charge is -2.13. The lowest BCUT2D eigenvalue weighted by Crippen LogP contribution is -2.24. The smallest absolute Gasteiger partial charge is 0.119 e. The molecule has 0 aliphatic heterocycles. The van der Waals surface area contributed by atoms with E-state index in [2.05, 4.69) is 11.4 Å². The Labute approximate surface area is 105 Å². The van der Waals surface area contributed by atoms with Gasteiger partial charge >= 0.3 is 0 Å². The molecule has 2 unspecified atom stereocenters. The highest BCUT2D eigenvalue weighted by Crippen LogP contribution is 2.35. The fourth-order valence-corrected chi connectivity index (χ4v) is 2.97. The highest BCUT2D eigenvalue weighted by Gasteiger charge is 2.23. The Bertz CT molecular complexity index is 420. The summed E-state index contributed by atoms with van der Waals surface area (Å²) in [6.07, 6.45) is 1.95. The monoisotopic (exact) mass is 253 g/mol. The van der Waals surface area contributed by atoms with Crippen LogP contribution in [0.3, 0.4) is 0 Å². The van der Waals surface area contributed by atoms with Crippen LogP contribution < -0.4 is 5.32 Å². The largest absolute Gasteiger partial charge is 0.508 e. The van der Waals surface area contributed by atoms with Gasteiger partial charge in [-0.05, 0) is 30.0 Å². The molecule has 0 radical (unpaired) electrons. The zero-order valence-electron chi connectivity index (χ0n) is 10.1. The minimum Gasteiger partial charge on any atom is -0.508 e. The minimum atomic E-state index is -0.701. The Balaban J connectivity index is 1.94.